The lowest BCUT2D eigenvalue weighted by atomic mass is 9.95. The number of hydrogen-bond donors (Lipinski definition) is 2. The molecule has 0 spiro atoms. The van der Waals surface area contributed by atoms with E-state index in [4.69, 9.17) is 0 Å². The third-order valence-corrected chi connectivity index (χ3v) is 3.72. The van der Waals surface area contributed by atoms with Gasteiger partial charge in [0.2, 0.25) is 12.3 Å². The van der Waals surface area contributed by atoms with Gasteiger partial charge >= 0.3 is 5.97 Å². The lowest BCUT2D eigenvalue weighted by Crippen LogP contribution is -2.35. The average molecular weight is 267 g/mol. The van der Waals surface area contributed by atoms with Gasteiger partial charge in [0.05, 0.1) is 18.4 Å². The van der Waals surface area contributed by atoms with Crippen molar-refractivity contribution in [2.24, 2.45) is 17.8 Å². The van der Waals surface area contributed by atoms with E-state index in [1.807, 2.05) is 6.92 Å². The monoisotopic (exact) mass is 267 g/mol. The van der Waals surface area contributed by atoms with Gasteiger partial charge in [0.15, 0.2) is 5.82 Å². The van der Waals surface area contributed by atoms with Gasteiger partial charge < -0.3 is 14.9 Å². The third-order valence-electron chi connectivity index (χ3n) is 3.72. The summed E-state index contributed by atoms with van der Waals surface area (Å²) in [6, 6.07) is 0. The Balaban J connectivity index is 1.94. The maximum atomic E-state index is 12.1. The summed E-state index contributed by atoms with van der Waals surface area (Å²) < 4.78 is 4.56. The summed E-state index contributed by atoms with van der Waals surface area (Å²) in [5, 5.41) is 15.4. The molecule has 1 aliphatic carbocycles. The first kappa shape index (κ1) is 13.5. The van der Waals surface area contributed by atoms with E-state index in [-0.39, 0.29) is 12.5 Å². The van der Waals surface area contributed by atoms with E-state index in [0.29, 0.717) is 24.6 Å². The average Bonchev–Trinajstić information content (AvgIpc) is 3.04. The molecule has 1 aromatic heterocycles. The molecule has 0 radical (unpaired) electrons. The summed E-state index contributed by atoms with van der Waals surface area (Å²) in [6.07, 6.45) is 3.29. The van der Waals surface area contributed by atoms with E-state index in [1.165, 1.54) is 6.39 Å². The van der Waals surface area contributed by atoms with Crippen LogP contribution >= 0.6 is 0 Å². The van der Waals surface area contributed by atoms with E-state index in [0.717, 1.165) is 6.42 Å². The fourth-order valence-electron chi connectivity index (χ4n) is 2.61. The van der Waals surface area contributed by atoms with Crippen molar-refractivity contribution in [3.8, 4) is 0 Å². The largest absolute Gasteiger partial charge is 0.481 e. The van der Waals surface area contributed by atoms with Crippen molar-refractivity contribution in [2.45, 2.75) is 32.7 Å². The standard InChI is InChI=1S/C12H17N3O4/c1-2-7-3-8(9(4-7)12(17)18)11(16)13-5-10-14-6-19-15-10/h6-9H,2-5H2,1H3,(H,13,16)(H,17,18). The zero-order chi connectivity index (χ0) is 13.8. The molecule has 1 fully saturated rings. The molecule has 3 unspecified atom stereocenters. The van der Waals surface area contributed by atoms with Crippen LogP contribution in [-0.4, -0.2) is 27.1 Å². The molecule has 1 amide bonds. The maximum Gasteiger partial charge on any atom is 0.307 e. The quantitative estimate of drug-likeness (QED) is 0.818. The molecular weight excluding hydrogens is 250 g/mol. The number of amides is 1. The molecule has 7 heteroatoms. The SMILES string of the molecule is CCC1CC(C(=O)O)C(C(=O)NCc2ncon2)C1. The normalized spacial score (nSPS) is 26.3. The number of aromatic nitrogens is 2. The zero-order valence-electron chi connectivity index (χ0n) is 10.7. The summed E-state index contributed by atoms with van der Waals surface area (Å²) in [5.41, 5.74) is 0. The van der Waals surface area contributed by atoms with E-state index in [1.54, 1.807) is 0 Å². The van der Waals surface area contributed by atoms with Crippen LogP contribution < -0.4 is 5.32 Å². The Hall–Kier alpha value is -1.92. The minimum absolute atomic E-state index is 0.162. The lowest BCUT2D eigenvalue weighted by molar-refractivity contribution is -0.146. The van der Waals surface area contributed by atoms with Crippen molar-refractivity contribution in [2.75, 3.05) is 0 Å². The van der Waals surface area contributed by atoms with Gasteiger partial charge in [-0.2, -0.15) is 4.98 Å². The summed E-state index contributed by atoms with van der Waals surface area (Å²) in [6.45, 7) is 2.18. The Morgan fingerprint density at radius 3 is 2.79 bits per heavy atom. The van der Waals surface area contributed by atoms with Crippen LogP contribution in [0, 0.1) is 17.8 Å². The van der Waals surface area contributed by atoms with Crippen LogP contribution in [-0.2, 0) is 16.1 Å². The Morgan fingerprint density at radius 1 is 1.47 bits per heavy atom. The molecule has 0 saturated heterocycles. The van der Waals surface area contributed by atoms with Crippen molar-refractivity contribution in [3.63, 3.8) is 0 Å². The summed E-state index contributed by atoms with van der Waals surface area (Å²) in [7, 11) is 0. The molecule has 1 saturated carbocycles. The first-order valence-electron chi connectivity index (χ1n) is 6.37. The smallest absolute Gasteiger partial charge is 0.307 e. The molecule has 1 aromatic rings. The second kappa shape index (κ2) is 5.81. The lowest BCUT2D eigenvalue weighted by Gasteiger charge is -2.14. The first-order chi connectivity index (χ1) is 9.11. The van der Waals surface area contributed by atoms with Crippen LogP contribution in [0.3, 0.4) is 0 Å². The molecule has 2 N–H and O–H groups in total. The number of nitrogens with one attached hydrogen (secondary N) is 1. The highest BCUT2D eigenvalue weighted by Crippen LogP contribution is 2.38. The van der Waals surface area contributed by atoms with Crippen LogP contribution in [0.4, 0.5) is 0 Å². The molecule has 7 nitrogen and oxygen atoms in total. The van der Waals surface area contributed by atoms with Gasteiger partial charge in [0.1, 0.15) is 0 Å². The van der Waals surface area contributed by atoms with Crippen LogP contribution in [0.15, 0.2) is 10.9 Å². The number of carbonyl (C=O) groups is 2. The van der Waals surface area contributed by atoms with Gasteiger partial charge in [-0.05, 0) is 18.8 Å². The molecule has 19 heavy (non-hydrogen) atoms. The highest BCUT2D eigenvalue weighted by Gasteiger charge is 2.41. The van der Waals surface area contributed by atoms with Crippen molar-refractivity contribution in [1.82, 2.24) is 15.5 Å². The number of carboxylic acid groups (broad SMARTS) is 1. The van der Waals surface area contributed by atoms with Crippen molar-refractivity contribution in [3.05, 3.63) is 12.2 Å². The minimum atomic E-state index is -0.893. The molecule has 1 aliphatic rings. The number of carbonyl (C=O) groups excluding carboxylic acids is 1. The summed E-state index contributed by atoms with van der Waals surface area (Å²) >= 11 is 0. The second-order valence-electron chi connectivity index (χ2n) is 4.86. The molecule has 0 bridgehead atoms. The Morgan fingerprint density at radius 2 is 2.21 bits per heavy atom. The van der Waals surface area contributed by atoms with Crippen LogP contribution in [0.2, 0.25) is 0 Å². The highest BCUT2D eigenvalue weighted by molar-refractivity contribution is 5.85. The Bertz CT molecular complexity index is 446. The van der Waals surface area contributed by atoms with Crippen molar-refractivity contribution in [1.29, 1.82) is 0 Å². The van der Waals surface area contributed by atoms with Gasteiger partial charge in [0.25, 0.3) is 0 Å². The van der Waals surface area contributed by atoms with Crippen LogP contribution in [0.5, 0.6) is 0 Å². The van der Waals surface area contributed by atoms with Gasteiger partial charge in [-0.3, -0.25) is 9.59 Å². The first-order valence-corrected chi connectivity index (χ1v) is 6.37. The minimum Gasteiger partial charge on any atom is -0.481 e. The number of hydrogen-bond acceptors (Lipinski definition) is 5. The highest BCUT2D eigenvalue weighted by atomic mass is 16.5. The topological polar surface area (TPSA) is 105 Å². The molecule has 0 aromatic carbocycles. The molecule has 1 heterocycles. The van der Waals surface area contributed by atoms with E-state index in [2.05, 4.69) is 20.0 Å². The molecule has 104 valence electrons. The summed E-state index contributed by atoms with van der Waals surface area (Å²) in [4.78, 5) is 27.0. The number of aliphatic carboxylic acids is 1. The molecule has 2 rings (SSSR count). The predicted octanol–water partition coefficient (Wildman–Crippen LogP) is 0.823. The van der Waals surface area contributed by atoms with Gasteiger partial charge in [-0.15, -0.1) is 0 Å². The number of rotatable bonds is 5. The third kappa shape index (κ3) is 3.10. The Kier molecular flexibility index (Phi) is 4.13. The van der Waals surface area contributed by atoms with Crippen molar-refractivity contribution < 1.29 is 19.2 Å². The fraction of sp³-hybridized carbons (Fsp3) is 0.667. The van der Waals surface area contributed by atoms with Gasteiger partial charge in [0, 0.05) is 0 Å². The van der Waals surface area contributed by atoms with E-state index >= 15 is 0 Å². The Labute approximate surface area is 110 Å². The molecule has 0 aliphatic heterocycles. The summed E-state index contributed by atoms with van der Waals surface area (Å²) in [5.74, 6) is -1.50. The van der Waals surface area contributed by atoms with Crippen LogP contribution in [0.25, 0.3) is 0 Å². The molecular formula is C12H17N3O4. The number of nitrogens with zero attached hydrogens (tertiary/aromatic N) is 2. The van der Waals surface area contributed by atoms with Gasteiger partial charge in [-0.25, -0.2) is 0 Å². The van der Waals surface area contributed by atoms with Crippen molar-refractivity contribution >= 4 is 11.9 Å². The van der Waals surface area contributed by atoms with Gasteiger partial charge in [-0.1, -0.05) is 18.5 Å². The van der Waals surface area contributed by atoms with E-state index < -0.39 is 17.8 Å². The predicted molar refractivity (Wildman–Crippen MR) is 63.8 cm³/mol. The van der Waals surface area contributed by atoms with Crippen LogP contribution in [0.1, 0.15) is 32.0 Å². The molecule has 3 atom stereocenters. The second-order valence-corrected chi connectivity index (χ2v) is 4.86. The number of carboxylic acids is 1. The fourth-order valence-corrected chi connectivity index (χ4v) is 2.61. The zero-order valence-corrected chi connectivity index (χ0v) is 10.7. The maximum absolute atomic E-state index is 12.1. The van der Waals surface area contributed by atoms with E-state index in [9.17, 15) is 14.7 Å².